The van der Waals surface area contributed by atoms with Crippen molar-refractivity contribution in [3.8, 4) is 11.3 Å². The summed E-state index contributed by atoms with van der Waals surface area (Å²) in [4.78, 5) is 25.0. The molecule has 0 aliphatic carbocycles. The van der Waals surface area contributed by atoms with E-state index in [-0.39, 0.29) is 5.56 Å². The molecule has 30 heavy (non-hydrogen) atoms. The first-order valence-electron chi connectivity index (χ1n) is 9.51. The number of carbonyl (C=O) groups excluding carboxylic acids is 1. The first-order chi connectivity index (χ1) is 14.4. The summed E-state index contributed by atoms with van der Waals surface area (Å²) in [6.45, 7) is 1.65. The molecule has 0 spiro atoms. The maximum atomic E-state index is 13.2. The highest BCUT2D eigenvalue weighted by atomic mass is 19.4. The van der Waals surface area contributed by atoms with Crippen molar-refractivity contribution in [2.45, 2.75) is 6.18 Å². The van der Waals surface area contributed by atoms with Crippen LogP contribution in [-0.2, 0) is 6.18 Å². The van der Waals surface area contributed by atoms with Gasteiger partial charge in [-0.3, -0.25) is 9.78 Å². The van der Waals surface area contributed by atoms with Crippen LogP contribution in [0.2, 0.25) is 0 Å². The second kappa shape index (κ2) is 8.14. The predicted molar refractivity (Wildman–Crippen MR) is 107 cm³/mol. The Morgan fingerprint density at radius 3 is 2.23 bits per heavy atom. The Morgan fingerprint density at radius 2 is 1.60 bits per heavy atom. The van der Waals surface area contributed by atoms with E-state index in [1.165, 1.54) is 23.1 Å². The lowest BCUT2D eigenvalue weighted by molar-refractivity contribution is -0.138. The molecule has 1 aromatic carbocycles. The molecule has 3 aromatic rings. The van der Waals surface area contributed by atoms with Crippen molar-refractivity contribution in [3.05, 3.63) is 78.1 Å². The van der Waals surface area contributed by atoms with E-state index in [4.69, 9.17) is 0 Å². The van der Waals surface area contributed by atoms with Gasteiger partial charge in [-0.05, 0) is 36.4 Å². The van der Waals surface area contributed by atoms with E-state index in [0.717, 1.165) is 23.1 Å². The fourth-order valence-corrected chi connectivity index (χ4v) is 3.48. The Hall–Kier alpha value is -3.42. The standard InChI is InChI=1S/C22H19F3N4O/c23-22(24,25)18-6-2-1-5-17(18)21(30)29-13-11-28(12-14-29)20-9-8-16(15-27-20)19-7-3-4-10-26-19/h1-10,15H,11-14H2. The molecule has 1 amide bonds. The van der Waals surface area contributed by atoms with Crippen LogP contribution in [0, 0.1) is 0 Å². The minimum absolute atomic E-state index is 0.309. The molecule has 1 saturated heterocycles. The quantitative estimate of drug-likeness (QED) is 0.649. The number of aromatic nitrogens is 2. The lowest BCUT2D eigenvalue weighted by atomic mass is 10.1. The van der Waals surface area contributed by atoms with Crippen LogP contribution in [0.1, 0.15) is 15.9 Å². The first-order valence-corrected chi connectivity index (χ1v) is 9.51. The van der Waals surface area contributed by atoms with Crippen molar-refractivity contribution >= 4 is 11.7 Å². The first kappa shape index (κ1) is 19.9. The molecule has 4 rings (SSSR count). The van der Waals surface area contributed by atoms with Crippen LogP contribution in [-0.4, -0.2) is 47.0 Å². The van der Waals surface area contributed by atoms with E-state index in [1.54, 1.807) is 12.4 Å². The largest absolute Gasteiger partial charge is 0.417 e. The number of benzene rings is 1. The van der Waals surface area contributed by atoms with Gasteiger partial charge in [0.15, 0.2) is 0 Å². The monoisotopic (exact) mass is 412 g/mol. The van der Waals surface area contributed by atoms with Gasteiger partial charge in [0.05, 0.1) is 16.8 Å². The number of carbonyl (C=O) groups is 1. The molecule has 0 unspecified atom stereocenters. The van der Waals surface area contributed by atoms with Crippen molar-refractivity contribution in [1.29, 1.82) is 0 Å². The Bertz CT molecular complexity index is 1010. The third kappa shape index (κ3) is 4.12. The van der Waals surface area contributed by atoms with Gasteiger partial charge in [0.1, 0.15) is 5.82 Å². The van der Waals surface area contributed by atoms with Gasteiger partial charge in [-0.25, -0.2) is 4.98 Å². The van der Waals surface area contributed by atoms with Crippen molar-refractivity contribution in [2.24, 2.45) is 0 Å². The number of rotatable bonds is 3. The number of anilines is 1. The van der Waals surface area contributed by atoms with Crippen molar-refractivity contribution in [2.75, 3.05) is 31.1 Å². The summed E-state index contributed by atoms with van der Waals surface area (Å²) in [5, 5.41) is 0. The fraction of sp³-hybridized carbons (Fsp3) is 0.227. The Morgan fingerprint density at radius 1 is 0.867 bits per heavy atom. The second-order valence-electron chi connectivity index (χ2n) is 6.94. The van der Waals surface area contributed by atoms with Crippen LogP contribution in [0.25, 0.3) is 11.3 Å². The summed E-state index contributed by atoms with van der Waals surface area (Å²) >= 11 is 0. The molecule has 1 aliphatic heterocycles. The molecular weight excluding hydrogens is 393 g/mol. The van der Waals surface area contributed by atoms with E-state index < -0.39 is 17.6 Å². The van der Waals surface area contributed by atoms with Crippen molar-refractivity contribution in [3.63, 3.8) is 0 Å². The number of halogens is 3. The maximum Gasteiger partial charge on any atom is 0.417 e. The van der Waals surface area contributed by atoms with Crippen molar-refractivity contribution in [1.82, 2.24) is 14.9 Å². The summed E-state index contributed by atoms with van der Waals surface area (Å²) in [5.74, 6) is 0.165. The van der Waals surface area contributed by atoms with Crippen LogP contribution in [0.4, 0.5) is 19.0 Å². The number of alkyl halides is 3. The molecule has 154 valence electrons. The average molecular weight is 412 g/mol. The minimum Gasteiger partial charge on any atom is -0.353 e. The third-order valence-electron chi connectivity index (χ3n) is 5.06. The highest BCUT2D eigenvalue weighted by molar-refractivity contribution is 5.96. The Kier molecular flexibility index (Phi) is 5.39. The van der Waals surface area contributed by atoms with Gasteiger partial charge in [-0.2, -0.15) is 13.2 Å². The number of nitrogens with zero attached hydrogens (tertiary/aromatic N) is 4. The third-order valence-corrected chi connectivity index (χ3v) is 5.06. The van der Waals surface area contributed by atoms with Gasteiger partial charge in [0.2, 0.25) is 0 Å². The zero-order valence-electron chi connectivity index (χ0n) is 16.0. The lowest BCUT2D eigenvalue weighted by Gasteiger charge is -2.35. The normalized spacial score (nSPS) is 14.6. The molecule has 2 aromatic heterocycles. The summed E-state index contributed by atoms with van der Waals surface area (Å²) in [6.07, 6.45) is -1.10. The predicted octanol–water partition coefficient (Wildman–Crippen LogP) is 4.12. The maximum absolute atomic E-state index is 13.2. The number of hydrogen-bond donors (Lipinski definition) is 0. The second-order valence-corrected chi connectivity index (χ2v) is 6.94. The zero-order valence-corrected chi connectivity index (χ0v) is 16.0. The molecule has 1 fully saturated rings. The smallest absolute Gasteiger partial charge is 0.353 e. The van der Waals surface area contributed by atoms with E-state index in [9.17, 15) is 18.0 Å². The number of pyridine rings is 2. The van der Waals surface area contributed by atoms with Gasteiger partial charge in [-0.15, -0.1) is 0 Å². The molecular formula is C22H19F3N4O. The summed E-state index contributed by atoms with van der Waals surface area (Å²) in [7, 11) is 0. The van der Waals surface area contributed by atoms with Crippen molar-refractivity contribution < 1.29 is 18.0 Å². The van der Waals surface area contributed by atoms with E-state index in [2.05, 4.69) is 9.97 Å². The average Bonchev–Trinajstić information content (AvgIpc) is 2.79. The number of piperazine rings is 1. The molecule has 1 aliphatic rings. The van der Waals surface area contributed by atoms with Crippen LogP contribution in [0.15, 0.2) is 67.0 Å². The summed E-state index contributed by atoms with van der Waals surface area (Å²) in [6, 6.07) is 14.4. The molecule has 0 radical (unpaired) electrons. The minimum atomic E-state index is -4.56. The highest BCUT2D eigenvalue weighted by Crippen LogP contribution is 2.32. The molecule has 0 atom stereocenters. The summed E-state index contributed by atoms with van der Waals surface area (Å²) < 4.78 is 39.7. The van der Waals surface area contributed by atoms with Crippen LogP contribution < -0.4 is 4.90 Å². The molecule has 5 nitrogen and oxygen atoms in total. The van der Waals surface area contributed by atoms with Gasteiger partial charge >= 0.3 is 6.18 Å². The van der Waals surface area contributed by atoms with Gasteiger partial charge < -0.3 is 9.80 Å². The fourth-order valence-electron chi connectivity index (χ4n) is 3.48. The Balaban J connectivity index is 1.43. The molecule has 0 bridgehead atoms. The zero-order chi connectivity index (χ0) is 21.1. The molecule has 0 N–H and O–H groups in total. The van der Waals surface area contributed by atoms with Gasteiger partial charge in [0.25, 0.3) is 5.91 Å². The highest BCUT2D eigenvalue weighted by Gasteiger charge is 2.36. The van der Waals surface area contributed by atoms with E-state index in [0.29, 0.717) is 26.2 Å². The van der Waals surface area contributed by atoms with Gasteiger partial charge in [-0.1, -0.05) is 18.2 Å². The van der Waals surface area contributed by atoms with E-state index in [1.807, 2.05) is 35.2 Å². The van der Waals surface area contributed by atoms with Crippen LogP contribution >= 0.6 is 0 Å². The topological polar surface area (TPSA) is 49.3 Å². The molecule has 3 heterocycles. The molecule has 8 heteroatoms. The molecule has 0 saturated carbocycles. The number of amides is 1. The van der Waals surface area contributed by atoms with Crippen LogP contribution in [0.3, 0.4) is 0 Å². The number of hydrogen-bond acceptors (Lipinski definition) is 4. The van der Waals surface area contributed by atoms with Crippen LogP contribution in [0.5, 0.6) is 0 Å². The Labute approximate surface area is 171 Å². The van der Waals surface area contributed by atoms with E-state index >= 15 is 0 Å². The lowest BCUT2D eigenvalue weighted by Crippen LogP contribution is -2.49. The summed E-state index contributed by atoms with van der Waals surface area (Å²) in [5.41, 5.74) is 0.521. The SMILES string of the molecule is O=C(c1ccccc1C(F)(F)F)N1CCN(c2ccc(-c3ccccn3)cn2)CC1. The van der Waals surface area contributed by atoms with Gasteiger partial charge in [0, 0.05) is 44.1 Å².